The minimum absolute atomic E-state index is 0.127. The number of methoxy groups -OCH3 is 1. The van der Waals surface area contributed by atoms with Crippen LogP contribution in [-0.4, -0.2) is 60.7 Å². The van der Waals surface area contributed by atoms with Crippen LogP contribution >= 0.6 is 0 Å². The zero-order valence-corrected chi connectivity index (χ0v) is 22.7. The SMILES string of the molecule is CCC(COCCC1CCN(S(=O)(=O)c2ccc(OC)cc2)CC1)n1cnc2c(N)nc3ccccc3c21. The highest BCUT2D eigenvalue weighted by Crippen LogP contribution is 2.31. The summed E-state index contributed by atoms with van der Waals surface area (Å²) in [6, 6.07) is 14.7. The fourth-order valence-electron chi connectivity index (χ4n) is 5.25. The van der Waals surface area contributed by atoms with Crippen LogP contribution in [0.15, 0.2) is 59.8 Å². The van der Waals surface area contributed by atoms with Gasteiger partial charge in [-0.1, -0.05) is 25.1 Å². The number of pyridine rings is 1. The van der Waals surface area contributed by atoms with E-state index >= 15 is 0 Å². The Balaban J connectivity index is 1.15. The third-order valence-corrected chi connectivity index (χ3v) is 9.47. The zero-order chi connectivity index (χ0) is 26.7. The molecule has 1 unspecified atom stereocenters. The van der Waals surface area contributed by atoms with Gasteiger partial charge < -0.3 is 19.8 Å². The average molecular weight is 538 g/mol. The first-order chi connectivity index (χ1) is 18.4. The maximum atomic E-state index is 13.0. The summed E-state index contributed by atoms with van der Waals surface area (Å²) in [6.07, 6.45) is 5.31. The number of nitrogen functional groups attached to an aromatic ring is 1. The predicted molar refractivity (Wildman–Crippen MR) is 149 cm³/mol. The van der Waals surface area contributed by atoms with Gasteiger partial charge in [0, 0.05) is 25.1 Å². The average Bonchev–Trinajstić information content (AvgIpc) is 3.39. The number of piperidine rings is 1. The molecule has 0 radical (unpaired) electrons. The molecule has 202 valence electrons. The van der Waals surface area contributed by atoms with Gasteiger partial charge in [0.15, 0.2) is 5.82 Å². The number of rotatable bonds is 10. The van der Waals surface area contributed by atoms with E-state index in [9.17, 15) is 8.42 Å². The third kappa shape index (κ3) is 5.21. The number of hydrogen-bond acceptors (Lipinski definition) is 7. The molecule has 3 heterocycles. The minimum Gasteiger partial charge on any atom is -0.497 e. The molecule has 2 aromatic heterocycles. The highest BCUT2D eigenvalue weighted by atomic mass is 32.2. The molecule has 1 saturated heterocycles. The monoisotopic (exact) mass is 537 g/mol. The van der Waals surface area contributed by atoms with Gasteiger partial charge in [-0.05, 0) is 61.9 Å². The molecule has 1 atom stereocenters. The molecule has 38 heavy (non-hydrogen) atoms. The van der Waals surface area contributed by atoms with Crippen LogP contribution in [0.4, 0.5) is 5.82 Å². The third-order valence-electron chi connectivity index (χ3n) is 7.55. The Morgan fingerprint density at radius 1 is 1.11 bits per heavy atom. The fourth-order valence-corrected chi connectivity index (χ4v) is 6.72. The summed E-state index contributed by atoms with van der Waals surface area (Å²) in [5.74, 6) is 1.53. The van der Waals surface area contributed by atoms with Crippen LogP contribution in [0.25, 0.3) is 21.9 Å². The van der Waals surface area contributed by atoms with Crippen LogP contribution in [0.2, 0.25) is 0 Å². The van der Waals surface area contributed by atoms with Gasteiger partial charge in [0.05, 0.1) is 42.0 Å². The normalized spacial score (nSPS) is 16.3. The van der Waals surface area contributed by atoms with Crippen LogP contribution in [0.1, 0.15) is 38.6 Å². The van der Waals surface area contributed by atoms with Crippen molar-refractivity contribution in [1.29, 1.82) is 0 Å². The van der Waals surface area contributed by atoms with Gasteiger partial charge in [-0.3, -0.25) is 0 Å². The number of imidazole rings is 1. The summed E-state index contributed by atoms with van der Waals surface area (Å²) in [6.45, 7) is 4.42. The van der Waals surface area contributed by atoms with Crippen molar-refractivity contribution >= 4 is 37.8 Å². The van der Waals surface area contributed by atoms with Gasteiger partial charge in [-0.25, -0.2) is 18.4 Å². The number of nitrogens with two attached hydrogens (primary N) is 1. The fraction of sp³-hybridized carbons (Fsp3) is 0.429. The van der Waals surface area contributed by atoms with E-state index in [1.165, 1.54) is 0 Å². The van der Waals surface area contributed by atoms with E-state index in [-0.39, 0.29) is 6.04 Å². The molecule has 2 aromatic carbocycles. The second-order valence-electron chi connectivity index (χ2n) is 9.81. The molecule has 4 aromatic rings. The molecule has 1 aliphatic heterocycles. The smallest absolute Gasteiger partial charge is 0.243 e. The first kappa shape index (κ1) is 26.4. The molecule has 0 saturated carbocycles. The van der Waals surface area contributed by atoms with Gasteiger partial charge in [-0.2, -0.15) is 4.31 Å². The minimum atomic E-state index is -3.49. The van der Waals surface area contributed by atoms with Crippen LogP contribution < -0.4 is 10.5 Å². The number of fused-ring (bicyclic) bond motifs is 3. The van der Waals surface area contributed by atoms with Crippen molar-refractivity contribution in [2.24, 2.45) is 5.92 Å². The molecule has 0 aliphatic carbocycles. The Labute approximate surface area is 223 Å². The largest absolute Gasteiger partial charge is 0.497 e. The molecular weight excluding hydrogens is 502 g/mol. The Bertz CT molecular complexity index is 1500. The molecule has 1 aliphatic rings. The van der Waals surface area contributed by atoms with Crippen LogP contribution in [0.3, 0.4) is 0 Å². The molecule has 9 nitrogen and oxygen atoms in total. The van der Waals surface area contributed by atoms with Gasteiger partial charge in [-0.15, -0.1) is 0 Å². The van der Waals surface area contributed by atoms with Crippen LogP contribution in [-0.2, 0) is 14.8 Å². The molecule has 10 heteroatoms. The molecule has 0 amide bonds. The van der Waals surface area contributed by atoms with Crippen molar-refractivity contribution in [3.63, 3.8) is 0 Å². The van der Waals surface area contributed by atoms with Gasteiger partial charge in [0.1, 0.15) is 11.3 Å². The molecule has 0 bridgehead atoms. The van der Waals surface area contributed by atoms with Crippen molar-refractivity contribution < 1.29 is 17.9 Å². The maximum Gasteiger partial charge on any atom is 0.243 e. The maximum absolute atomic E-state index is 13.0. The number of anilines is 1. The Hall–Kier alpha value is -3.21. The number of benzene rings is 2. The lowest BCUT2D eigenvalue weighted by atomic mass is 9.95. The molecule has 0 spiro atoms. The Morgan fingerprint density at radius 2 is 1.84 bits per heavy atom. The second-order valence-corrected chi connectivity index (χ2v) is 11.7. The molecule has 5 rings (SSSR count). The zero-order valence-electron chi connectivity index (χ0n) is 21.9. The van der Waals surface area contributed by atoms with Crippen molar-refractivity contribution in [1.82, 2.24) is 18.8 Å². The van der Waals surface area contributed by atoms with E-state index in [2.05, 4.69) is 27.5 Å². The van der Waals surface area contributed by atoms with E-state index in [1.54, 1.807) is 35.7 Å². The number of aromatic nitrogens is 3. The number of sulfonamides is 1. The van der Waals surface area contributed by atoms with Crippen LogP contribution in [0, 0.1) is 5.92 Å². The Kier molecular flexibility index (Phi) is 7.83. The van der Waals surface area contributed by atoms with Crippen LogP contribution in [0.5, 0.6) is 5.75 Å². The number of nitrogens with zero attached hydrogens (tertiary/aromatic N) is 4. The predicted octanol–water partition coefficient (Wildman–Crippen LogP) is 4.63. The first-order valence-corrected chi connectivity index (χ1v) is 14.6. The quantitative estimate of drug-likeness (QED) is 0.293. The van der Waals surface area contributed by atoms with E-state index in [0.717, 1.165) is 47.6 Å². The van der Waals surface area contributed by atoms with Gasteiger partial charge in [0.2, 0.25) is 10.0 Å². The van der Waals surface area contributed by atoms with Gasteiger partial charge >= 0.3 is 0 Å². The number of ether oxygens (including phenoxy) is 2. The highest BCUT2D eigenvalue weighted by molar-refractivity contribution is 7.89. The summed E-state index contributed by atoms with van der Waals surface area (Å²) in [5, 5.41) is 1.03. The lowest BCUT2D eigenvalue weighted by Gasteiger charge is -2.31. The molecular formula is C28H35N5O4S. The topological polar surface area (TPSA) is 113 Å². The van der Waals surface area contributed by atoms with E-state index < -0.39 is 10.0 Å². The summed E-state index contributed by atoms with van der Waals surface area (Å²) in [5.41, 5.74) is 8.77. The van der Waals surface area contributed by atoms with E-state index in [0.29, 0.717) is 48.7 Å². The number of para-hydroxylation sites is 1. The summed E-state index contributed by atoms with van der Waals surface area (Å²) >= 11 is 0. The lowest BCUT2D eigenvalue weighted by Crippen LogP contribution is -2.38. The van der Waals surface area contributed by atoms with E-state index in [1.807, 2.05) is 24.5 Å². The lowest BCUT2D eigenvalue weighted by molar-refractivity contribution is 0.0847. The summed E-state index contributed by atoms with van der Waals surface area (Å²) < 4.78 is 41.1. The summed E-state index contributed by atoms with van der Waals surface area (Å²) in [4.78, 5) is 9.36. The highest BCUT2D eigenvalue weighted by Gasteiger charge is 2.29. The standard InChI is InChI=1S/C28H35N5O4S/c1-3-21(33-19-30-26-27(33)24-6-4-5-7-25(24)31-28(26)29)18-37-17-14-20-12-15-32(16-13-20)38(34,35)23-10-8-22(36-2)9-11-23/h4-11,19-21H,3,12-18H2,1-2H3,(H2,29,31). The first-order valence-electron chi connectivity index (χ1n) is 13.1. The Morgan fingerprint density at radius 3 is 2.55 bits per heavy atom. The molecule has 1 fully saturated rings. The van der Waals surface area contributed by atoms with Crippen molar-refractivity contribution in [2.45, 2.75) is 43.5 Å². The number of hydrogen-bond donors (Lipinski definition) is 1. The van der Waals surface area contributed by atoms with E-state index in [4.69, 9.17) is 15.2 Å². The summed E-state index contributed by atoms with van der Waals surface area (Å²) in [7, 11) is -1.92. The van der Waals surface area contributed by atoms with Gasteiger partial charge in [0.25, 0.3) is 0 Å². The second kappa shape index (κ2) is 11.3. The van der Waals surface area contributed by atoms with Crippen molar-refractivity contribution in [3.05, 3.63) is 54.9 Å². The van der Waals surface area contributed by atoms with Crippen molar-refractivity contribution in [2.75, 3.05) is 39.1 Å². The van der Waals surface area contributed by atoms with Crippen molar-refractivity contribution in [3.8, 4) is 5.75 Å². The molecule has 2 N–H and O–H groups in total.